The summed E-state index contributed by atoms with van der Waals surface area (Å²) in [5.74, 6) is 1.81. The summed E-state index contributed by atoms with van der Waals surface area (Å²) in [4.78, 5) is 12.4. The molecule has 136 valence electrons. The zero-order chi connectivity index (χ0) is 18.4. The molecule has 5 nitrogen and oxygen atoms in total. The number of Topliss-reactive ketones (excluding diaryl/α,β-unsaturated/α-hetero) is 1. The number of nitrogens with one attached hydrogen (secondary N) is 1. The van der Waals surface area contributed by atoms with Gasteiger partial charge in [0.05, 0.1) is 18.6 Å². The fourth-order valence-corrected chi connectivity index (χ4v) is 4.00. The van der Waals surface area contributed by atoms with Crippen LogP contribution in [0.25, 0.3) is 0 Å². The fourth-order valence-electron chi connectivity index (χ4n) is 2.36. The molecular weight excluding hydrogens is 366 g/mol. The Morgan fingerprint density at radius 3 is 2.77 bits per heavy atom. The van der Waals surface area contributed by atoms with E-state index < -0.39 is 0 Å². The number of aromatic nitrogens is 2. The van der Waals surface area contributed by atoms with Gasteiger partial charge in [0.2, 0.25) is 5.13 Å². The highest BCUT2D eigenvalue weighted by molar-refractivity contribution is 8.01. The maximum atomic E-state index is 12.4. The summed E-state index contributed by atoms with van der Waals surface area (Å²) in [6.07, 6.45) is 2.73. The molecule has 0 radical (unpaired) electrons. The van der Waals surface area contributed by atoms with Crippen LogP contribution in [0.5, 0.6) is 0 Å². The normalized spacial score (nSPS) is 12.1. The van der Waals surface area contributed by atoms with E-state index in [0.717, 1.165) is 22.1 Å². The summed E-state index contributed by atoms with van der Waals surface area (Å²) in [6, 6.07) is 11.7. The van der Waals surface area contributed by atoms with Gasteiger partial charge in [-0.1, -0.05) is 61.2 Å². The van der Waals surface area contributed by atoms with Gasteiger partial charge in [0, 0.05) is 5.56 Å². The minimum Gasteiger partial charge on any atom is -0.467 e. The van der Waals surface area contributed by atoms with Crippen LogP contribution in [0, 0.1) is 0 Å². The van der Waals surface area contributed by atoms with Crippen LogP contribution in [-0.4, -0.2) is 21.7 Å². The summed E-state index contributed by atoms with van der Waals surface area (Å²) in [7, 11) is 0. The van der Waals surface area contributed by atoms with E-state index in [9.17, 15) is 4.79 Å². The van der Waals surface area contributed by atoms with Crippen LogP contribution in [0.15, 0.2) is 51.4 Å². The van der Waals surface area contributed by atoms with Gasteiger partial charge in [-0.3, -0.25) is 4.79 Å². The number of carbonyl (C=O) groups is 1. The van der Waals surface area contributed by atoms with Crippen molar-refractivity contribution in [2.75, 3.05) is 11.1 Å². The van der Waals surface area contributed by atoms with E-state index in [1.807, 2.05) is 36.4 Å². The van der Waals surface area contributed by atoms with Crippen LogP contribution in [0.1, 0.15) is 47.9 Å². The van der Waals surface area contributed by atoms with E-state index in [-0.39, 0.29) is 5.78 Å². The van der Waals surface area contributed by atoms with E-state index in [4.69, 9.17) is 4.42 Å². The number of hydrogen-bond acceptors (Lipinski definition) is 7. The Hall–Kier alpha value is -2.12. The lowest BCUT2D eigenvalue weighted by atomic mass is 9.97. The molecule has 7 heteroatoms. The summed E-state index contributed by atoms with van der Waals surface area (Å²) >= 11 is 2.85. The number of anilines is 1. The highest BCUT2D eigenvalue weighted by Gasteiger charge is 2.11. The van der Waals surface area contributed by atoms with E-state index in [1.54, 1.807) is 6.26 Å². The molecule has 0 saturated heterocycles. The van der Waals surface area contributed by atoms with Crippen molar-refractivity contribution in [3.63, 3.8) is 0 Å². The van der Waals surface area contributed by atoms with E-state index >= 15 is 0 Å². The fraction of sp³-hybridized carbons (Fsp3) is 0.316. The smallest absolute Gasteiger partial charge is 0.206 e. The van der Waals surface area contributed by atoms with Gasteiger partial charge in [0.15, 0.2) is 10.1 Å². The second kappa shape index (κ2) is 9.00. The third kappa shape index (κ3) is 4.95. The molecular formula is C19H21N3O2S2. The number of ketones is 1. The first-order valence-corrected chi connectivity index (χ1v) is 10.3. The first kappa shape index (κ1) is 18.7. The van der Waals surface area contributed by atoms with E-state index in [0.29, 0.717) is 23.3 Å². The zero-order valence-electron chi connectivity index (χ0n) is 14.8. The molecule has 26 heavy (non-hydrogen) atoms. The summed E-state index contributed by atoms with van der Waals surface area (Å²) in [6.45, 7) is 4.92. The molecule has 0 aliphatic carbocycles. The maximum absolute atomic E-state index is 12.4. The Kier molecular flexibility index (Phi) is 6.46. The van der Waals surface area contributed by atoms with Crippen molar-refractivity contribution in [3.05, 3.63) is 59.5 Å². The quantitative estimate of drug-likeness (QED) is 0.400. The van der Waals surface area contributed by atoms with Gasteiger partial charge in [-0.2, -0.15) is 0 Å². The van der Waals surface area contributed by atoms with Crippen LogP contribution in [0.2, 0.25) is 0 Å². The van der Waals surface area contributed by atoms with Crippen molar-refractivity contribution in [1.82, 2.24) is 10.2 Å². The third-order valence-corrected chi connectivity index (χ3v) is 6.16. The van der Waals surface area contributed by atoms with Crippen molar-refractivity contribution in [1.29, 1.82) is 0 Å². The van der Waals surface area contributed by atoms with Crippen LogP contribution in [0.3, 0.4) is 0 Å². The van der Waals surface area contributed by atoms with E-state index in [1.165, 1.54) is 28.7 Å². The Labute approximate surface area is 161 Å². The third-order valence-electron chi connectivity index (χ3n) is 4.14. The molecule has 2 aromatic heterocycles. The minimum atomic E-state index is 0.103. The van der Waals surface area contributed by atoms with Gasteiger partial charge in [-0.05, 0) is 30.0 Å². The standard InChI is InChI=1S/C19H21N3O2S2/c1-3-13(2)14-6-8-15(9-7-14)17(23)12-25-19-22-21-18(26-19)20-11-16-5-4-10-24-16/h4-10,13H,3,11-12H2,1-2H3,(H,20,21)/t13-/m0/s1. The van der Waals surface area contributed by atoms with E-state index in [2.05, 4.69) is 29.4 Å². The van der Waals surface area contributed by atoms with Gasteiger partial charge in [-0.15, -0.1) is 10.2 Å². The summed E-state index contributed by atoms with van der Waals surface area (Å²) < 4.78 is 6.04. The van der Waals surface area contributed by atoms with Gasteiger partial charge in [0.25, 0.3) is 0 Å². The predicted molar refractivity (Wildman–Crippen MR) is 106 cm³/mol. The first-order valence-electron chi connectivity index (χ1n) is 8.51. The SMILES string of the molecule is CC[C@H](C)c1ccc(C(=O)CSc2nnc(NCc3ccco3)s2)cc1. The molecule has 0 saturated carbocycles. The number of carbonyl (C=O) groups excluding carboxylic acids is 1. The zero-order valence-corrected chi connectivity index (χ0v) is 16.4. The van der Waals surface area contributed by atoms with Gasteiger partial charge in [0.1, 0.15) is 5.76 Å². The second-order valence-electron chi connectivity index (χ2n) is 5.95. The number of rotatable bonds is 9. The molecule has 1 atom stereocenters. The average Bonchev–Trinajstić information content (AvgIpc) is 3.35. The highest BCUT2D eigenvalue weighted by atomic mass is 32.2. The molecule has 0 spiro atoms. The number of thioether (sulfide) groups is 1. The number of benzene rings is 1. The Morgan fingerprint density at radius 1 is 1.27 bits per heavy atom. The molecule has 0 unspecified atom stereocenters. The van der Waals surface area contributed by atoms with Crippen molar-refractivity contribution >= 4 is 34.0 Å². The van der Waals surface area contributed by atoms with Crippen molar-refractivity contribution in [2.24, 2.45) is 0 Å². The Morgan fingerprint density at radius 2 is 2.08 bits per heavy atom. The Bertz CT molecular complexity index is 829. The molecule has 3 aromatic rings. The lowest BCUT2D eigenvalue weighted by Gasteiger charge is -2.09. The molecule has 2 heterocycles. The summed E-state index contributed by atoms with van der Waals surface area (Å²) in [5.41, 5.74) is 2.01. The molecule has 0 aliphatic rings. The summed E-state index contributed by atoms with van der Waals surface area (Å²) in [5, 5.41) is 12.1. The molecule has 0 amide bonds. The minimum absolute atomic E-state index is 0.103. The number of nitrogens with zero attached hydrogens (tertiary/aromatic N) is 2. The maximum Gasteiger partial charge on any atom is 0.206 e. The van der Waals surface area contributed by atoms with Crippen LogP contribution >= 0.6 is 23.1 Å². The molecule has 1 N–H and O–H groups in total. The first-order chi connectivity index (χ1) is 12.7. The van der Waals surface area contributed by atoms with Crippen LogP contribution in [0.4, 0.5) is 5.13 Å². The monoisotopic (exact) mass is 387 g/mol. The van der Waals surface area contributed by atoms with Gasteiger partial charge >= 0.3 is 0 Å². The van der Waals surface area contributed by atoms with Gasteiger partial charge in [-0.25, -0.2) is 0 Å². The number of furan rings is 1. The molecule has 0 fully saturated rings. The van der Waals surface area contributed by atoms with Crippen LogP contribution in [-0.2, 0) is 6.54 Å². The molecule has 3 rings (SSSR count). The lowest BCUT2D eigenvalue weighted by molar-refractivity contribution is 0.102. The van der Waals surface area contributed by atoms with Crippen LogP contribution < -0.4 is 5.32 Å². The van der Waals surface area contributed by atoms with Crippen molar-refractivity contribution in [3.8, 4) is 0 Å². The Balaban J connectivity index is 1.50. The highest BCUT2D eigenvalue weighted by Crippen LogP contribution is 2.27. The average molecular weight is 388 g/mol. The molecule has 1 aromatic carbocycles. The topological polar surface area (TPSA) is 68.0 Å². The lowest BCUT2D eigenvalue weighted by Crippen LogP contribution is -2.02. The molecule has 0 aliphatic heterocycles. The molecule has 0 bridgehead atoms. The predicted octanol–water partition coefficient (Wildman–Crippen LogP) is 5.23. The van der Waals surface area contributed by atoms with Crippen molar-refractivity contribution in [2.45, 2.75) is 37.1 Å². The second-order valence-corrected chi connectivity index (χ2v) is 8.15. The largest absolute Gasteiger partial charge is 0.467 e. The number of hydrogen-bond donors (Lipinski definition) is 1. The van der Waals surface area contributed by atoms with Crippen molar-refractivity contribution < 1.29 is 9.21 Å². The van der Waals surface area contributed by atoms with Gasteiger partial charge < -0.3 is 9.73 Å².